The van der Waals surface area contributed by atoms with E-state index in [1.807, 2.05) is 6.07 Å². The molecule has 0 spiro atoms. The van der Waals surface area contributed by atoms with Crippen molar-refractivity contribution in [2.45, 2.75) is 45.1 Å². The lowest BCUT2D eigenvalue weighted by molar-refractivity contribution is 0.360. The van der Waals surface area contributed by atoms with Crippen molar-refractivity contribution in [2.24, 2.45) is 5.92 Å². The molecule has 1 N–H and O–H groups in total. The number of pyridine rings is 1. The van der Waals surface area contributed by atoms with Crippen molar-refractivity contribution in [2.75, 3.05) is 6.54 Å². The van der Waals surface area contributed by atoms with Crippen LogP contribution in [0, 0.1) is 11.7 Å². The first-order valence-corrected chi connectivity index (χ1v) is 6.66. The van der Waals surface area contributed by atoms with E-state index in [1.165, 1.54) is 37.9 Å². The van der Waals surface area contributed by atoms with Gasteiger partial charge in [0.25, 0.3) is 0 Å². The van der Waals surface area contributed by atoms with Crippen molar-refractivity contribution in [3.63, 3.8) is 0 Å². The van der Waals surface area contributed by atoms with Crippen LogP contribution >= 0.6 is 0 Å². The number of hydrogen-bond donors (Lipinski definition) is 1. The van der Waals surface area contributed by atoms with E-state index in [0.29, 0.717) is 12.0 Å². The van der Waals surface area contributed by atoms with Gasteiger partial charge in [0.05, 0.1) is 17.9 Å². The van der Waals surface area contributed by atoms with Gasteiger partial charge in [-0.05, 0) is 43.9 Å². The number of nitrogens with zero attached hydrogens (tertiary/aromatic N) is 1. The predicted octanol–water partition coefficient (Wildman–Crippen LogP) is 3.45. The molecule has 1 aromatic heterocycles. The zero-order chi connectivity index (χ0) is 12.1. The molecule has 0 bridgehead atoms. The first kappa shape index (κ1) is 12.5. The van der Waals surface area contributed by atoms with Crippen LogP contribution in [0.2, 0.25) is 0 Å². The molecule has 1 aromatic rings. The predicted molar refractivity (Wildman–Crippen MR) is 67.2 cm³/mol. The Morgan fingerprint density at radius 1 is 1.41 bits per heavy atom. The minimum atomic E-state index is -0.255. The summed E-state index contributed by atoms with van der Waals surface area (Å²) >= 11 is 0. The van der Waals surface area contributed by atoms with Crippen LogP contribution in [0.5, 0.6) is 0 Å². The summed E-state index contributed by atoms with van der Waals surface area (Å²) in [4.78, 5) is 4.24. The summed E-state index contributed by atoms with van der Waals surface area (Å²) in [6.07, 6.45) is 7.60. The molecule has 1 aliphatic rings. The largest absolute Gasteiger partial charge is 0.308 e. The SMILES string of the molecule is CCCNC(c1ccc(F)cn1)C1CCCC1. The third kappa shape index (κ3) is 3.25. The summed E-state index contributed by atoms with van der Waals surface area (Å²) < 4.78 is 12.9. The first-order chi connectivity index (χ1) is 8.31. The van der Waals surface area contributed by atoms with Crippen molar-refractivity contribution in [1.82, 2.24) is 10.3 Å². The minimum Gasteiger partial charge on any atom is -0.308 e. The summed E-state index contributed by atoms with van der Waals surface area (Å²) in [6, 6.07) is 3.64. The molecule has 3 heteroatoms. The van der Waals surface area contributed by atoms with Gasteiger partial charge >= 0.3 is 0 Å². The first-order valence-electron chi connectivity index (χ1n) is 6.66. The van der Waals surface area contributed by atoms with Crippen LogP contribution in [0.1, 0.15) is 50.8 Å². The fourth-order valence-electron chi connectivity index (χ4n) is 2.67. The van der Waals surface area contributed by atoms with Crippen LogP contribution in [0.4, 0.5) is 4.39 Å². The Morgan fingerprint density at radius 2 is 2.18 bits per heavy atom. The lowest BCUT2D eigenvalue weighted by atomic mass is 9.94. The van der Waals surface area contributed by atoms with Crippen LogP contribution in [0.3, 0.4) is 0 Å². The minimum absolute atomic E-state index is 0.255. The molecule has 94 valence electrons. The number of rotatable bonds is 5. The zero-order valence-corrected chi connectivity index (χ0v) is 10.5. The van der Waals surface area contributed by atoms with E-state index in [1.54, 1.807) is 0 Å². The molecule has 2 rings (SSSR count). The van der Waals surface area contributed by atoms with E-state index < -0.39 is 0 Å². The monoisotopic (exact) mass is 236 g/mol. The van der Waals surface area contributed by atoms with E-state index in [4.69, 9.17) is 0 Å². The molecule has 1 atom stereocenters. The quantitative estimate of drug-likeness (QED) is 0.847. The van der Waals surface area contributed by atoms with Crippen molar-refractivity contribution in [3.8, 4) is 0 Å². The molecular weight excluding hydrogens is 215 g/mol. The fraction of sp³-hybridized carbons (Fsp3) is 0.643. The highest BCUT2D eigenvalue weighted by molar-refractivity contribution is 5.11. The van der Waals surface area contributed by atoms with Crippen LogP contribution in [0.25, 0.3) is 0 Å². The molecule has 0 amide bonds. The molecule has 1 aliphatic carbocycles. The van der Waals surface area contributed by atoms with Gasteiger partial charge in [0.15, 0.2) is 0 Å². The second-order valence-corrected chi connectivity index (χ2v) is 4.88. The maximum Gasteiger partial charge on any atom is 0.141 e. The summed E-state index contributed by atoms with van der Waals surface area (Å²) in [5.74, 6) is 0.411. The average Bonchev–Trinajstić information content (AvgIpc) is 2.85. The molecule has 17 heavy (non-hydrogen) atoms. The molecule has 1 fully saturated rings. The molecule has 2 nitrogen and oxygen atoms in total. The average molecular weight is 236 g/mol. The standard InChI is InChI=1S/C14H21FN2/c1-2-9-16-14(11-5-3-4-6-11)13-8-7-12(15)10-17-13/h7-8,10-11,14,16H,2-6,9H2,1H3. The molecule has 1 heterocycles. The molecule has 0 aromatic carbocycles. The van der Waals surface area contributed by atoms with E-state index in [2.05, 4.69) is 17.2 Å². The van der Waals surface area contributed by atoms with Crippen LogP contribution in [-0.4, -0.2) is 11.5 Å². The zero-order valence-electron chi connectivity index (χ0n) is 10.5. The normalized spacial score (nSPS) is 18.5. The van der Waals surface area contributed by atoms with Gasteiger partial charge in [0, 0.05) is 0 Å². The van der Waals surface area contributed by atoms with Crippen molar-refractivity contribution < 1.29 is 4.39 Å². The molecule has 0 radical (unpaired) electrons. The maximum atomic E-state index is 12.9. The summed E-state index contributed by atoms with van der Waals surface area (Å²) in [7, 11) is 0. The van der Waals surface area contributed by atoms with Gasteiger partial charge in [0.1, 0.15) is 5.82 Å². The molecule has 1 unspecified atom stereocenters. The van der Waals surface area contributed by atoms with E-state index in [0.717, 1.165) is 18.7 Å². The Bertz CT molecular complexity index is 331. The highest BCUT2D eigenvalue weighted by atomic mass is 19.1. The van der Waals surface area contributed by atoms with Crippen molar-refractivity contribution in [3.05, 3.63) is 29.8 Å². The van der Waals surface area contributed by atoms with E-state index >= 15 is 0 Å². The smallest absolute Gasteiger partial charge is 0.141 e. The lowest BCUT2D eigenvalue weighted by Gasteiger charge is -2.24. The summed E-state index contributed by atoms with van der Waals surface area (Å²) in [5.41, 5.74) is 0.992. The second kappa shape index (κ2) is 6.10. The van der Waals surface area contributed by atoms with E-state index in [9.17, 15) is 4.39 Å². The maximum absolute atomic E-state index is 12.9. The number of nitrogens with one attached hydrogen (secondary N) is 1. The number of halogens is 1. The van der Waals surface area contributed by atoms with Gasteiger partial charge < -0.3 is 5.32 Å². The van der Waals surface area contributed by atoms with Gasteiger partial charge in [-0.3, -0.25) is 4.98 Å². The Morgan fingerprint density at radius 3 is 2.76 bits per heavy atom. The van der Waals surface area contributed by atoms with Gasteiger partial charge in [-0.2, -0.15) is 0 Å². The fourth-order valence-corrected chi connectivity index (χ4v) is 2.67. The van der Waals surface area contributed by atoms with Crippen LogP contribution < -0.4 is 5.32 Å². The molecular formula is C14H21FN2. The second-order valence-electron chi connectivity index (χ2n) is 4.88. The van der Waals surface area contributed by atoms with Gasteiger partial charge in [-0.25, -0.2) is 4.39 Å². The lowest BCUT2D eigenvalue weighted by Crippen LogP contribution is -2.28. The topological polar surface area (TPSA) is 24.9 Å². The highest BCUT2D eigenvalue weighted by Crippen LogP contribution is 2.34. The summed E-state index contributed by atoms with van der Waals surface area (Å²) in [6.45, 7) is 3.16. The Kier molecular flexibility index (Phi) is 4.49. The molecule has 1 saturated carbocycles. The third-order valence-corrected chi connectivity index (χ3v) is 3.55. The van der Waals surface area contributed by atoms with Crippen LogP contribution in [-0.2, 0) is 0 Å². The van der Waals surface area contributed by atoms with Crippen molar-refractivity contribution in [1.29, 1.82) is 0 Å². The Labute approximate surface area is 103 Å². The van der Waals surface area contributed by atoms with E-state index in [-0.39, 0.29) is 5.82 Å². The number of hydrogen-bond acceptors (Lipinski definition) is 2. The Hall–Kier alpha value is -0.960. The Balaban J connectivity index is 2.10. The van der Waals surface area contributed by atoms with Gasteiger partial charge in [0.2, 0.25) is 0 Å². The van der Waals surface area contributed by atoms with Crippen molar-refractivity contribution >= 4 is 0 Å². The molecule has 0 saturated heterocycles. The number of aromatic nitrogens is 1. The van der Waals surface area contributed by atoms with Gasteiger partial charge in [-0.1, -0.05) is 19.8 Å². The van der Waals surface area contributed by atoms with Crippen LogP contribution in [0.15, 0.2) is 18.3 Å². The highest BCUT2D eigenvalue weighted by Gasteiger charge is 2.26. The molecule has 0 aliphatic heterocycles. The van der Waals surface area contributed by atoms with Gasteiger partial charge in [-0.15, -0.1) is 0 Å². The third-order valence-electron chi connectivity index (χ3n) is 3.55. The summed E-state index contributed by atoms with van der Waals surface area (Å²) in [5, 5.41) is 3.56.